The van der Waals surface area contributed by atoms with Gasteiger partial charge < -0.3 is 9.84 Å². The van der Waals surface area contributed by atoms with Gasteiger partial charge in [0.15, 0.2) is 0 Å². The maximum Gasteiger partial charge on any atom is 0.573 e. The molecule has 0 fully saturated rings. The lowest BCUT2D eigenvalue weighted by atomic mass is 10.1. The predicted molar refractivity (Wildman–Crippen MR) is 74.4 cm³/mol. The van der Waals surface area contributed by atoms with Crippen molar-refractivity contribution in [1.82, 2.24) is 4.72 Å². The predicted octanol–water partition coefficient (Wildman–Crippen LogP) is 2.51. The number of nitrogens with one attached hydrogen (secondary N) is 1. The van der Waals surface area contributed by atoms with Gasteiger partial charge in [0.05, 0.1) is 4.90 Å². The molecule has 0 radical (unpaired) electrons. The summed E-state index contributed by atoms with van der Waals surface area (Å²) in [5.74, 6) is -1.89. The van der Waals surface area contributed by atoms with E-state index < -0.39 is 34.1 Å². The van der Waals surface area contributed by atoms with Gasteiger partial charge in [-0.05, 0) is 30.7 Å². The minimum absolute atomic E-state index is 0.111. The molecule has 0 aliphatic carbocycles. The monoisotopic (exact) mass is 355 g/mol. The minimum Gasteiger partial charge on any atom is -0.480 e. The van der Waals surface area contributed by atoms with Gasteiger partial charge in [0, 0.05) is 0 Å². The lowest BCUT2D eigenvalue weighted by molar-refractivity contribution is -0.274. The van der Waals surface area contributed by atoms with Crippen LogP contribution in [-0.4, -0.2) is 31.9 Å². The second-order valence-electron chi connectivity index (χ2n) is 4.67. The molecule has 10 heteroatoms. The van der Waals surface area contributed by atoms with E-state index in [1.54, 1.807) is 0 Å². The van der Waals surface area contributed by atoms with Crippen LogP contribution < -0.4 is 9.46 Å². The molecule has 0 bridgehead atoms. The zero-order valence-corrected chi connectivity index (χ0v) is 12.9. The number of sulfonamides is 1. The second kappa shape index (κ2) is 7.64. The molecule has 130 valence electrons. The molecule has 0 saturated heterocycles. The molecule has 0 aliphatic rings. The molecule has 0 unspecified atom stereocenters. The number of rotatable bonds is 8. The summed E-state index contributed by atoms with van der Waals surface area (Å²) >= 11 is 0. The van der Waals surface area contributed by atoms with Crippen molar-refractivity contribution in [3.8, 4) is 5.75 Å². The maximum absolute atomic E-state index is 12.1. The molecule has 23 heavy (non-hydrogen) atoms. The molecule has 0 saturated carbocycles. The Morgan fingerprint density at radius 3 is 2.30 bits per heavy atom. The topological polar surface area (TPSA) is 92.7 Å². The largest absolute Gasteiger partial charge is 0.573 e. The Labute approximate surface area is 131 Å². The minimum atomic E-state index is -4.88. The standard InChI is InChI=1S/C13H16F3NO5S/c1-2-3-4-11(12(18)19)17-23(20,21)10-7-5-9(6-8-10)22-13(14,15)16/h5-8,11,17H,2-4H2,1H3,(H,18,19)/t11-/m1/s1. The summed E-state index contributed by atoms with van der Waals surface area (Å²) in [6, 6.07) is 2.18. The van der Waals surface area contributed by atoms with E-state index >= 15 is 0 Å². The molecule has 6 nitrogen and oxygen atoms in total. The van der Waals surface area contributed by atoms with Gasteiger partial charge in [0.25, 0.3) is 0 Å². The number of ether oxygens (including phenoxy) is 1. The Morgan fingerprint density at radius 2 is 1.87 bits per heavy atom. The number of carboxylic acids is 1. The summed E-state index contributed by atoms with van der Waals surface area (Å²) in [6.07, 6.45) is -3.57. The maximum atomic E-state index is 12.1. The summed E-state index contributed by atoms with van der Waals surface area (Å²) in [7, 11) is -4.16. The van der Waals surface area contributed by atoms with Gasteiger partial charge in [0.2, 0.25) is 10.0 Å². The van der Waals surface area contributed by atoms with Crippen LogP contribution in [0.1, 0.15) is 26.2 Å². The van der Waals surface area contributed by atoms with Crippen molar-refractivity contribution in [3.63, 3.8) is 0 Å². The van der Waals surface area contributed by atoms with E-state index in [0.29, 0.717) is 12.8 Å². The van der Waals surface area contributed by atoms with E-state index in [9.17, 15) is 26.4 Å². The highest BCUT2D eigenvalue weighted by Crippen LogP contribution is 2.24. The van der Waals surface area contributed by atoms with Gasteiger partial charge in [-0.3, -0.25) is 4.79 Å². The quantitative estimate of drug-likeness (QED) is 0.747. The highest BCUT2D eigenvalue weighted by atomic mass is 32.2. The van der Waals surface area contributed by atoms with Crippen LogP contribution in [-0.2, 0) is 14.8 Å². The van der Waals surface area contributed by atoms with Crippen LogP contribution in [0.25, 0.3) is 0 Å². The van der Waals surface area contributed by atoms with Crippen LogP contribution in [0.15, 0.2) is 29.2 Å². The molecule has 0 heterocycles. The lowest BCUT2D eigenvalue weighted by Crippen LogP contribution is -2.40. The van der Waals surface area contributed by atoms with Gasteiger partial charge in [-0.1, -0.05) is 19.8 Å². The second-order valence-corrected chi connectivity index (χ2v) is 6.39. The number of hydrogen-bond donors (Lipinski definition) is 2. The summed E-state index contributed by atoms with van der Waals surface area (Å²) < 4.78 is 65.9. The number of halogens is 3. The van der Waals surface area contributed by atoms with Gasteiger partial charge in [-0.25, -0.2) is 8.42 Å². The third kappa shape index (κ3) is 6.45. The van der Waals surface area contributed by atoms with Crippen molar-refractivity contribution in [2.45, 2.75) is 43.5 Å². The van der Waals surface area contributed by atoms with E-state index in [-0.39, 0.29) is 11.3 Å². The molecule has 2 N–H and O–H groups in total. The zero-order valence-electron chi connectivity index (χ0n) is 12.1. The zero-order chi connectivity index (χ0) is 17.7. The molecule has 1 atom stereocenters. The normalized spacial score (nSPS) is 13.6. The fraction of sp³-hybridized carbons (Fsp3) is 0.462. The van der Waals surface area contributed by atoms with E-state index in [1.807, 2.05) is 11.6 Å². The Bertz CT molecular complexity index is 628. The van der Waals surface area contributed by atoms with Crippen molar-refractivity contribution in [2.75, 3.05) is 0 Å². The number of benzene rings is 1. The van der Waals surface area contributed by atoms with Gasteiger partial charge in [0.1, 0.15) is 11.8 Å². The smallest absolute Gasteiger partial charge is 0.480 e. The average molecular weight is 355 g/mol. The highest BCUT2D eigenvalue weighted by Gasteiger charge is 2.31. The summed E-state index contributed by atoms with van der Waals surface area (Å²) in [6.45, 7) is 1.83. The lowest BCUT2D eigenvalue weighted by Gasteiger charge is -2.15. The van der Waals surface area contributed by atoms with Gasteiger partial charge >= 0.3 is 12.3 Å². The van der Waals surface area contributed by atoms with Crippen molar-refractivity contribution < 1.29 is 36.2 Å². The average Bonchev–Trinajstić information content (AvgIpc) is 2.42. The molecular weight excluding hydrogens is 339 g/mol. The molecule has 1 aromatic carbocycles. The number of carbonyl (C=O) groups is 1. The fourth-order valence-electron chi connectivity index (χ4n) is 1.72. The fourth-order valence-corrected chi connectivity index (χ4v) is 2.94. The van der Waals surface area contributed by atoms with Crippen LogP contribution in [0.3, 0.4) is 0 Å². The summed E-state index contributed by atoms with van der Waals surface area (Å²) in [5, 5.41) is 9.01. The van der Waals surface area contributed by atoms with Crippen molar-refractivity contribution in [2.24, 2.45) is 0 Å². The Morgan fingerprint density at radius 1 is 1.30 bits per heavy atom. The number of unbranched alkanes of at least 4 members (excludes halogenated alkanes) is 1. The molecule has 1 aromatic rings. The molecule has 0 aliphatic heterocycles. The Kier molecular flexibility index (Phi) is 6.39. The first-order valence-corrected chi connectivity index (χ1v) is 8.14. The van der Waals surface area contributed by atoms with Crippen LogP contribution in [0.2, 0.25) is 0 Å². The van der Waals surface area contributed by atoms with Crippen molar-refractivity contribution in [3.05, 3.63) is 24.3 Å². The third-order valence-corrected chi connectivity index (χ3v) is 4.30. The first-order valence-electron chi connectivity index (χ1n) is 6.66. The highest BCUT2D eigenvalue weighted by molar-refractivity contribution is 7.89. The number of hydrogen-bond acceptors (Lipinski definition) is 4. The first kappa shape index (κ1) is 19.2. The van der Waals surface area contributed by atoms with Crippen LogP contribution >= 0.6 is 0 Å². The number of carboxylic acid groups (broad SMARTS) is 1. The molecule has 0 amide bonds. The van der Waals surface area contributed by atoms with Crippen molar-refractivity contribution >= 4 is 16.0 Å². The molecule has 1 rings (SSSR count). The Balaban J connectivity index is 2.88. The van der Waals surface area contributed by atoms with E-state index in [1.165, 1.54) is 0 Å². The van der Waals surface area contributed by atoms with Crippen LogP contribution in [0, 0.1) is 0 Å². The Hall–Kier alpha value is -1.81. The summed E-state index contributed by atoms with van der Waals surface area (Å²) in [4.78, 5) is 10.7. The third-order valence-electron chi connectivity index (χ3n) is 2.81. The number of aliphatic carboxylic acids is 1. The van der Waals surface area contributed by atoms with Crippen molar-refractivity contribution in [1.29, 1.82) is 0 Å². The summed E-state index contributed by atoms with van der Waals surface area (Å²) in [5.41, 5.74) is 0. The molecule has 0 spiro atoms. The first-order chi connectivity index (χ1) is 10.5. The van der Waals surface area contributed by atoms with Gasteiger partial charge in [-0.15, -0.1) is 13.2 Å². The SMILES string of the molecule is CCCC[C@@H](NS(=O)(=O)c1ccc(OC(F)(F)F)cc1)C(=O)O. The van der Waals surface area contributed by atoms with Gasteiger partial charge in [-0.2, -0.15) is 4.72 Å². The van der Waals surface area contributed by atoms with E-state index in [4.69, 9.17) is 5.11 Å². The van der Waals surface area contributed by atoms with E-state index in [0.717, 1.165) is 24.3 Å². The van der Waals surface area contributed by atoms with Crippen LogP contribution in [0.5, 0.6) is 5.75 Å². The molecule has 0 aromatic heterocycles. The molecular formula is C13H16F3NO5S. The number of alkyl halides is 3. The van der Waals surface area contributed by atoms with E-state index in [2.05, 4.69) is 4.74 Å². The van der Waals surface area contributed by atoms with Crippen LogP contribution in [0.4, 0.5) is 13.2 Å².